The second kappa shape index (κ2) is 2.95. The number of nitrogens with two attached hydrogens (primary N) is 2. The van der Waals surface area contributed by atoms with Crippen molar-refractivity contribution in [2.45, 2.75) is 6.92 Å². The molecule has 14 heavy (non-hydrogen) atoms. The zero-order chi connectivity index (χ0) is 10.3. The van der Waals surface area contributed by atoms with Crippen LogP contribution in [0.15, 0.2) is 0 Å². The van der Waals surface area contributed by atoms with Gasteiger partial charge in [0.25, 0.3) is 0 Å². The van der Waals surface area contributed by atoms with E-state index in [0.29, 0.717) is 16.9 Å². The Bertz CT molecular complexity index is 451. The Morgan fingerprint density at radius 3 is 2.43 bits per heavy atom. The van der Waals surface area contributed by atoms with Crippen molar-refractivity contribution < 1.29 is 0 Å². The average Bonchev–Trinajstić information content (AvgIpc) is 2.57. The van der Waals surface area contributed by atoms with Crippen LogP contribution < -0.4 is 11.5 Å². The van der Waals surface area contributed by atoms with E-state index in [2.05, 4.69) is 15.1 Å². The van der Waals surface area contributed by atoms with Crippen molar-refractivity contribution in [3.05, 3.63) is 5.69 Å². The van der Waals surface area contributed by atoms with Crippen LogP contribution in [0.4, 0.5) is 11.1 Å². The third-order valence-electron chi connectivity index (χ3n) is 1.81. The molecule has 2 aromatic heterocycles. The standard InChI is InChI=1S/C7H10N6S/c1-3-4(14-7(9)10-3)5-11-6(8)13(2)12-5/h1-2H3,(H2,9,10)(H2,8,11,12). The minimum Gasteiger partial charge on any atom is -0.375 e. The third kappa shape index (κ3) is 1.31. The van der Waals surface area contributed by atoms with E-state index in [-0.39, 0.29) is 0 Å². The minimum atomic E-state index is 0.381. The van der Waals surface area contributed by atoms with Gasteiger partial charge in [-0.15, -0.1) is 5.10 Å². The zero-order valence-electron chi connectivity index (χ0n) is 7.85. The molecule has 0 unspecified atom stereocenters. The highest BCUT2D eigenvalue weighted by atomic mass is 32.1. The first-order valence-electron chi connectivity index (χ1n) is 3.97. The molecule has 0 bridgehead atoms. The SMILES string of the molecule is Cc1nc(N)sc1-c1nc(N)n(C)n1. The van der Waals surface area contributed by atoms with Gasteiger partial charge in [-0.05, 0) is 6.92 Å². The molecule has 0 spiro atoms. The maximum absolute atomic E-state index is 5.58. The second-order valence-corrected chi connectivity index (χ2v) is 3.91. The molecule has 0 aromatic carbocycles. The van der Waals surface area contributed by atoms with Gasteiger partial charge in [-0.1, -0.05) is 11.3 Å². The van der Waals surface area contributed by atoms with Crippen molar-refractivity contribution >= 4 is 22.4 Å². The van der Waals surface area contributed by atoms with Crippen LogP contribution in [0.5, 0.6) is 0 Å². The van der Waals surface area contributed by atoms with Crippen LogP contribution in [-0.2, 0) is 7.05 Å². The number of thiazole rings is 1. The number of rotatable bonds is 1. The fourth-order valence-electron chi connectivity index (χ4n) is 1.12. The van der Waals surface area contributed by atoms with Gasteiger partial charge in [-0.25, -0.2) is 9.67 Å². The fraction of sp³-hybridized carbons (Fsp3) is 0.286. The lowest BCUT2D eigenvalue weighted by molar-refractivity contribution is 0.781. The molecule has 74 valence electrons. The molecule has 6 nitrogen and oxygen atoms in total. The van der Waals surface area contributed by atoms with Gasteiger partial charge >= 0.3 is 0 Å². The van der Waals surface area contributed by atoms with E-state index >= 15 is 0 Å². The van der Waals surface area contributed by atoms with Crippen molar-refractivity contribution in [3.63, 3.8) is 0 Å². The smallest absolute Gasteiger partial charge is 0.218 e. The lowest BCUT2D eigenvalue weighted by atomic mass is 10.4. The van der Waals surface area contributed by atoms with E-state index in [9.17, 15) is 0 Å². The summed E-state index contributed by atoms with van der Waals surface area (Å²) in [5.41, 5.74) is 12.0. The molecule has 2 heterocycles. The average molecular weight is 210 g/mol. The third-order valence-corrected chi connectivity index (χ3v) is 2.80. The number of hydrogen-bond donors (Lipinski definition) is 2. The van der Waals surface area contributed by atoms with E-state index in [0.717, 1.165) is 10.6 Å². The molecular formula is C7H10N6S. The molecule has 2 rings (SSSR count). The summed E-state index contributed by atoms with van der Waals surface area (Å²) in [6.45, 7) is 1.87. The highest BCUT2D eigenvalue weighted by molar-refractivity contribution is 7.18. The molecule has 0 atom stereocenters. The summed E-state index contributed by atoms with van der Waals surface area (Å²) in [5, 5.41) is 4.67. The summed E-state index contributed by atoms with van der Waals surface area (Å²) >= 11 is 1.36. The van der Waals surface area contributed by atoms with Gasteiger partial charge in [0, 0.05) is 7.05 Å². The summed E-state index contributed by atoms with van der Waals surface area (Å²) in [4.78, 5) is 9.06. The highest BCUT2D eigenvalue weighted by Crippen LogP contribution is 2.28. The molecule has 4 N–H and O–H groups in total. The van der Waals surface area contributed by atoms with Gasteiger partial charge < -0.3 is 11.5 Å². The molecule has 0 amide bonds. The zero-order valence-corrected chi connectivity index (χ0v) is 8.67. The molecule has 0 aliphatic rings. The monoisotopic (exact) mass is 210 g/mol. The van der Waals surface area contributed by atoms with E-state index in [1.165, 1.54) is 16.0 Å². The number of anilines is 2. The highest BCUT2D eigenvalue weighted by Gasteiger charge is 2.13. The van der Waals surface area contributed by atoms with Gasteiger partial charge in [-0.2, -0.15) is 4.98 Å². The van der Waals surface area contributed by atoms with Crippen molar-refractivity contribution in [1.82, 2.24) is 19.7 Å². The summed E-state index contributed by atoms with van der Waals surface area (Å²) < 4.78 is 1.52. The van der Waals surface area contributed by atoms with Gasteiger partial charge in [0.05, 0.1) is 10.6 Å². The van der Waals surface area contributed by atoms with Crippen molar-refractivity contribution in [1.29, 1.82) is 0 Å². The lowest BCUT2D eigenvalue weighted by Crippen LogP contribution is -1.97. The molecule has 0 fully saturated rings. The number of nitrogen functional groups attached to an aromatic ring is 2. The predicted octanol–water partition coefficient (Wildman–Crippen LogP) is 0.411. The van der Waals surface area contributed by atoms with Crippen LogP contribution in [-0.4, -0.2) is 19.7 Å². The Balaban J connectivity index is 2.54. The Hall–Kier alpha value is -1.63. The first-order valence-corrected chi connectivity index (χ1v) is 4.79. The fourth-order valence-corrected chi connectivity index (χ4v) is 1.88. The lowest BCUT2D eigenvalue weighted by Gasteiger charge is -1.88. The topological polar surface area (TPSA) is 95.6 Å². The number of nitrogens with zero attached hydrogens (tertiary/aromatic N) is 4. The quantitative estimate of drug-likeness (QED) is 0.710. The molecule has 0 radical (unpaired) electrons. The Morgan fingerprint density at radius 1 is 1.29 bits per heavy atom. The first-order chi connectivity index (χ1) is 6.58. The van der Waals surface area contributed by atoms with Crippen molar-refractivity contribution in [2.75, 3.05) is 11.5 Å². The van der Waals surface area contributed by atoms with Crippen LogP contribution in [0, 0.1) is 6.92 Å². The van der Waals surface area contributed by atoms with Crippen molar-refractivity contribution in [3.8, 4) is 10.7 Å². The van der Waals surface area contributed by atoms with Crippen molar-refractivity contribution in [2.24, 2.45) is 7.05 Å². The van der Waals surface area contributed by atoms with E-state index < -0.39 is 0 Å². The van der Waals surface area contributed by atoms with E-state index in [4.69, 9.17) is 11.5 Å². The number of aryl methyl sites for hydroxylation is 2. The van der Waals surface area contributed by atoms with Gasteiger partial charge in [0.15, 0.2) is 11.0 Å². The molecule has 0 saturated heterocycles. The summed E-state index contributed by atoms with van der Waals surface area (Å²) in [6, 6.07) is 0. The summed E-state index contributed by atoms with van der Waals surface area (Å²) in [5.74, 6) is 0.961. The van der Waals surface area contributed by atoms with Gasteiger partial charge in [-0.3, -0.25) is 0 Å². The normalized spacial score (nSPS) is 10.7. The second-order valence-electron chi connectivity index (χ2n) is 2.88. The molecule has 0 aliphatic carbocycles. The van der Waals surface area contributed by atoms with Crippen LogP contribution in [0.2, 0.25) is 0 Å². The largest absolute Gasteiger partial charge is 0.375 e. The Kier molecular flexibility index (Phi) is 1.88. The van der Waals surface area contributed by atoms with E-state index in [1.807, 2.05) is 6.92 Å². The molecule has 7 heteroatoms. The first kappa shape index (κ1) is 8.95. The summed E-state index contributed by atoms with van der Waals surface area (Å²) in [6.07, 6.45) is 0. The van der Waals surface area contributed by atoms with Gasteiger partial charge in [0.1, 0.15) is 0 Å². The number of aromatic nitrogens is 4. The minimum absolute atomic E-state index is 0.381. The maximum Gasteiger partial charge on any atom is 0.218 e. The molecule has 2 aromatic rings. The number of hydrogen-bond acceptors (Lipinski definition) is 6. The molecular weight excluding hydrogens is 200 g/mol. The molecule has 0 aliphatic heterocycles. The van der Waals surface area contributed by atoms with Gasteiger partial charge in [0.2, 0.25) is 5.95 Å². The molecule has 0 saturated carbocycles. The Labute approximate surface area is 84.6 Å². The van der Waals surface area contributed by atoms with Crippen LogP contribution in [0.1, 0.15) is 5.69 Å². The van der Waals surface area contributed by atoms with E-state index in [1.54, 1.807) is 7.05 Å². The van der Waals surface area contributed by atoms with Crippen LogP contribution >= 0.6 is 11.3 Å². The predicted molar refractivity (Wildman–Crippen MR) is 55.7 cm³/mol. The summed E-state index contributed by atoms with van der Waals surface area (Å²) in [7, 11) is 1.74. The maximum atomic E-state index is 5.58. The Morgan fingerprint density at radius 2 is 2.00 bits per heavy atom. The van der Waals surface area contributed by atoms with Crippen LogP contribution in [0.3, 0.4) is 0 Å². The van der Waals surface area contributed by atoms with Crippen LogP contribution in [0.25, 0.3) is 10.7 Å².